The van der Waals surface area contributed by atoms with Gasteiger partial charge >= 0.3 is 0 Å². The average molecular weight is 268 g/mol. The molecule has 2 N–H and O–H groups in total. The molecule has 0 bridgehead atoms. The van der Waals surface area contributed by atoms with Gasteiger partial charge in [-0.25, -0.2) is 0 Å². The highest BCUT2D eigenvalue weighted by atomic mass is 32.1. The zero-order valence-corrected chi connectivity index (χ0v) is 11.6. The molecule has 1 saturated heterocycles. The van der Waals surface area contributed by atoms with Crippen molar-refractivity contribution in [2.24, 2.45) is 11.7 Å². The van der Waals surface area contributed by atoms with Crippen molar-refractivity contribution in [1.82, 2.24) is 14.5 Å². The molecule has 100 valence electrons. The SMILES string of the molecule is CCCc1nnsc1C(=O)N1CCC(CN)CC1. The molecule has 0 unspecified atom stereocenters. The summed E-state index contributed by atoms with van der Waals surface area (Å²) in [7, 11) is 0. The van der Waals surface area contributed by atoms with Crippen LogP contribution in [-0.2, 0) is 6.42 Å². The van der Waals surface area contributed by atoms with E-state index in [9.17, 15) is 4.79 Å². The third kappa shape index (κ3) is 2.87. The Hall–Kier alpha value is -1.01. The van der Waals surface area contributed by atoms with Crippen molar-refractivity contribution in [3.63, 3.8) is 0 Å². The molecule has 1 aliphatic rings. The molecule has 0 radical (unpaired) electrons. The number of nitrogens with two attached hydrogens (primary N) is 1. The number of likely N-dealkylation sites (tertiary alicyclic amines) is 1. The molecule has 0 aliphatic carbocycles. The molecule has 2 rings (SSSR count). The normalized spacial score (nSPS) is 17.1. The van der Waals surface area contributed by atoms with Crippen molar-refractivity contribution in [2.45, 2.75) is 32.6 Å². The average Bonchev–Trinajstić information content (AvgIpc) is 2.87. The van der Waals surface area contributed by atoms with Crippen molar-refractivity contribution < 1.29 is 4.79 Å². The van der Waals surface area contributed by atoms with Gasteiger partial charge in [-0.15, -0.1) is 5.10 Å². The minimum absolute atomic E-state index is 0.101. The number of piperidine rings is 1. The largest absolute Gasteiger partial charge is 0.338 e. The van der Waals surface area contributed by atoms with E-state index >= 15 is 0 Å². The van der Waals surface area contributed by atoms with E-state index in [1.165, 1.54) is 11.5 Å². The number of hydrogen-bond donors (Lipinski definition) is 1. The predicted molar refractivity (Wildman–Crippen MR) is 71.6 cm³/mol. The first-order valence-corrected chi connectivity index (χ1v) is 7.34. The second-order valence-corrected chi connectivity index (χ2v) is 5.52. The summed E-state index contributed by atoms with van der Waals surface area (Å²) in [5.41, 5.74) is 6.52. The predicted octanol–water partition coefficient (Wildman–Crippen LogP) is 1.30. The first-order chi connectivity index (χ1) is 8.76. The number of nitrogens with zero attached hydrogens (tertiary/aromatic N) is 3. The van der Waals surface area contributed by atoms with Gasteiger partial charge in [-0.05, 0) is 43.3 Å². The topological polar surface area (TPSA) is 72.1 Å². The summed E-state index contributed by atoms with van der Waals surface area (Å²) in [5.74, 6) is 0.674. The lowest BCUT2D eigenvalue weighted by Gasteiger charge is -2.31. The van der Waals surface area contributed by atoms with Crippen molar-refractivity contribution in [3.8, 4) is 0 Å². The molecular weight excluding hydrogens is 248 g/mol. The fourth-order valence-electron chi connectivity index (χ4n) is 2.29. The summed E-state index contributed by atoms with van der Waals surface area (Å²) in [6, 6.07) is 0. The van der Waals surface area contributed by atoms with E-state index in [0.29, 0.717) is 5.92 Å². The number of carbonyl (C=O) groups is 1. The molecule has 6 heteroatoms. The Bertz CT molecular complexity index is 399. The highest BCUT2D eigenvalue weighted by Gasteiger charge is 2.26. The number of aryl methyl sites for hydroxylation is 1. The van der Waals surface area contributed by atoms with Crippen LogP contribution in [0.15, 0.2) is 0 Å². The third-order valence-corrected chi connectivity index (χ3v) is 4.23. The summed E-state index contributed by atoms with van der Waals surface area (Å²) < 4.78 is 3.91. The Morgan fingerprint density at radius 2 is 2.22 bits per heavy atom. The van der Waals surface area contributed by atoms with Crippen LogP contribution < -0.4 is 5.73 Å². The van der Waals surface area contributed by atoms with Gasteiger partial charge in [0.25, 0.3) is 5.91 Å². The second-order valence-electron chi connectivity index (χ2n) is 4.77. The molecule has 0 saturated carbocycles. The monoisotopic (exact) mass is 268 g/mol. The van der Waals surface area contributed by atoms with Crippen LogP contribution in [0.4, 0.5) is 0 Å². The molecule has 1 aliphatic heterocycles. The van der Waals surface area contributed by atoms with Gasteiger partial charge in [0.2, 0.25) is 0 Å². The summed E-state index contributed by atoms with van der Waals surface area (Å²) in [6.07, 6.45) is 3.84. The van der Waals surface area contributed by atoms with E-state index in [1.54, 1.807) is 0 Å². The smallest absolute Gasteiger partial charge is 0.267 e. The number of carbonyl (C=O) groups excluding carboxylic acids is 1. The van der Waals surface area contributed by atoms with Crippen molar-refractivity contribution >= 4 is 17.4 Å². The van der Waals surface area contributed by atoms with E-state index in [4.69, 9.17) is 5.73 Å². The fraction of sp³-hybridized carbons (Fsp3) is 0.750. The second kappa shape index (κ2) is 6.24. The molecule has 18 heavy (non-hydrogen) atoms. The maximum atomic E-state index is 12.4. The number of rotatable bonds is 4. The highest BCUT2D eigenvalue weighted by Crippen LogP contribution is 2.21. The lowest BCUT2D eigenvalue weighted by atomic mass is 9.97. The molecule has 1 aromatic rings. The number of aromatic nitrogens is 2. The summed E-state index contributed by atoms with van der Waals surface area (Å²) in [5, 5.41) is 4.05. The van der Waals surface area contributed by atoms with Crippen LogP contribution in [0.5, 0.6) is 0 Å². The van der Waals surface area contributed by atoms with Gasteiger partial charge in [0.1, 0.15) is 4.88 Å². The van der Waals surface area contributed by atoms with E-state index in [1.807, 2.05) is 4.90 Å². The molecule has 1 fully saturated rings. The fourth-order valence-corrected chi connectivity index (χ4v) is 2.96. The van der Waals surface area contributed by atoms with Gasteiger partial charge in [-0.2, -0.15) is 0 Å². The Morgan fingerprint density at radius 1 is 1.50 bits per heavy atom. The van der Waals surface area contributed by atoms with Crippen LogP contribution in [0.3, 0.4) is 0 Å². The lowest BCUT2D eigenvalue weighted by molar-refractivity contribution is 0.0697. The van der Waals surface area contributed by atoms with E-state index < -0.39 is 0 Å². The minimum atomic E-state index is 0.101. The Morgan fingerprint density at radius 3 is 2.83 bits per heavy atom. The molecule has 0 aromatic carbocycles. The first kappa shape index (κ1) is 13.4. The number of amides is 1. The van der Waals surface area contributed by atoms with Crippen molar-refractivity contribution in [2.75, 3.05) is 19.6 Å². The molecule has 1 aromatic heterocycles. The third-order valence-electron chi connectivity index (χ3n) is 3.47. The Balaban J connectivity index is 2.01. The van der Waals surface area contributed by atoms with Crippen molar-refractivity contribution in [1.29, 1.82) is 0 Å². The number of hydrogen-bond acceptors (Lipinski definition) is 5. The summed E-state index contributed by atoms with van der Waals surface area (Å²) in [4.78, 5) is 15.0. The standard InChI is InChI=1S/C12H20N4OS/c1-2-3-10-11(18-15-14-10)12(17)16-6-4-9(8-13)5-7-16/h9H,2-8,13H2,1H3. The molecule has 5 nitrogen and oxygen atoms in total. The molecule has 0 spiro atoms. The zero-order chi connectivity index (χ0) is 13.0. The van der Waals surface area contributed by atoms with Crippen LogP contribution in [0.25, 0.3) is 0 Å². The molecule has 2 heterocycles. The van der Waals surface area contributed by atoms with Gasteiger partial charge < -0.3 is 10.6 Å². The van der Waals surface area contributed by atoms with Crippen LogP contribution in [0.1, 0.15) is 41.6 Å². The highest BCUT2D eigenvalue weighted by molar-refractivity contribution is 7.08. The quantitative estimate of drug-likeness (QED) is 0.893. The lowest BCUT2D eigenvalue weighted by Crippen LogP contribution is -2.40. The van der Waals surface area contributed by atoms with E-state index in [0.717, 1.165) is 55.9 Å². The van der Waals surface area contributed by atoms with Gasteiger partial charge in [0.15, 0.2) is 0 Å². The Labute approximate surface area is 112 Å². The van der Waals surface area contributed by atoms with Gasteiger partial charge in [-0.3, -0.25) is 4.79 Å². The summed E-state index contributed by atoms with van der Waals surface area (Å²) in [6.45, 7) is 4.43. The Kier molecular flexibility index (Phi) is 4.66. The van der Waals surface area contributed by atoms with E-state index in [-0.39, 0.29) is 5.91 Å². The van der Waals surface area contributed by atoms with E-state index in [2.05, 4.69) is 16.5 Å². The minimum Gasteiger partial charge on any atom is -0.338 e. The molecule has 0 atom stereocenters. The maximum Gasteiger partial charge on any atom is 0.267 e. The van der Waals surface area contributed by atoms with Gasteiger partial charge in [0, 0.05) is 13.1 Å². The van der Waals surface area contributed by atoms with Crippen LogP contribution >= 0.6 is 11.5 Å². The van der Waals surface area contributed by atoms with Crippen LogP contribution in [0.2, 0.25) is 0 Å². The van der Waals surface area contributed by atoms with Gasteiger partial charge in [0.05, 0.1) is 5.69 Å². The summed E-state index contributed by atoms with van der Waals surface area (Å²) >= 11 is 1.22. The van der Waals surface area contributed by atoms with Crippen molar-refractivity contribution in [3.05, 3.63) is 10.6 Å². The van der Waals surface area contributed by atoms with Gasteiger partial charge in [-0.1, -0.05) is 17.8 Å². The maximum absolute atomic E-state index is 12.4. The van der Waals surface area contributed by atoms with Crippen LogP contribution in [-0.4, -0.2) is 40.0 Å². The first-order valence-electron chi connectivity index (χ1n) is 6.56. The molecular formula is C12H20N4OS. The zero-order valence-electron chi connectivity index (χ0n) is 10.8. The molecule has 1 amide bonds. The van der Waals surface area contributed by atoms with Crippen LogP contribution in [0, 0.1) is 5.92 Å².